The van der Waals surface area contributed by atoms with Crippen molar-refractivity contribution in [2.75, 3.05) is 18.9 Å². The highest BCUT2D eigenvalue weighted by molar-refractivity contribution is 5.10. The molecule has 0 amide bonds. The van der Waals surface area contributed by atoms with Crippen molar-refractivity contribution < 1.29 is 22.4 Å². The molecule has 0 bridgehead atoms. The second-order valence-corrected chi connectivity index (χ2v) is 2.46. The van der Waals surface area contributed by atoms with Gasteiger partial charge in [0.15, 0.2) is 0 Å². The van der Waals surface area contributed by atoms with E-state index in [1.165, 1.54) is 0 Å². The van der Waals surface area contributed by atoms with Gasteiger partial charge in [-0.3, -0.25) is 0 Å². The number of anilines is 1. The summed E-state index contributed by atoms with van der Waals surface area (Å²) >= 11 is 0. The molecule has 0 unspecified atom stereocenters. The van der Waals surface area contributed by atoms with Crippen LogP contribution in [0.4, 0.5) is 19.1 Å². The maximum Gasteiger partial charge on any atom is 0.411 e. The number of halogens is 3. The van der Waals surface area contributed by atoms with Crippen molar-refractivity contribution in [2.45, 2.75) is 12.6 Å². The highest BCUT2D eigenvalue weighted by atomic mass is 19.4. The molecule has 2 N–H and O–H groups in total. The van der Waals surface area contributed by atoms with Crippen LogP contribution in [-0.4, -0.2) is 29.5 Å². The lowest BCUT2D eigenvalue weighted by molar-refractivity contribution is -0.173. The van der Waals surface area contributed by atoms with Crippen molar-refractivity contribution in [1.82, 2.24) is 10.1 Å². The summed E-state index contributed by atoms with van der Waals surface area (Å²) in [6.07, 6.45) is -4.20. The lowest BCUT2D eigenvalue weighted by atomic mass is 10.4. The standard InChI is InChI=1S/C6H8F3N3O2/c7-6(8,9)3-13-2-1-4-11-5(10)12-14-4/h1-3H2,(H2,10,12). The second kappa shape index (κ2) is 4.27. The van der Waals surface area contributed by atoms with Gasteiger partial charge in [-0.15, -0.1) is 0 Å². The molecule has 0 spiro atoms. The average Bonchev–Trinajstić information content (AvgIpc) is 2.44. The molecule has 1 heterocycles. The van der Waals surface area contributed by atoms with Gasteiger partial charge in [-0.2, -0.15) is 18.2 Å². The van der Waals surface area contributed by atoms with E-state index in [9.17, 15) is 13.2 Å². The van der Waals surface area contributed by atoms with E-state index in [1.807, 2.05) is 0 Å². The number of hydrogen-bond acceptors (Lipinski definition) is 5. The molecule has 80 valence electrons. The van der Waals surface area contributed by atoms with E-state index in [0.717, 1.165) is 0 Å². The molecule has 5 nitrogen and oxygen atoms in total. The molecule has 0 saturated carbocycles. The molecular weight excluding hydrogens is 203 g/mol. The van der Waals surface area contributed by atoms with Crippen molar-refractivity contribution in [3.05, 3.63) is 5.89 Å². The fourth-order valence-electron chi connectivity index (χ4n) is 0.717. The SMILES string of the molecule is Nc1noc(CCOCC(F)(F)F)n1. The van der Waals surface area contributed by atoms with E-state index >= 15 is 0 Å². The summed E-state index contributed by atoms with van der Waals surface area (Å²) in [7, 11) is 0. The summed E-state index contributed by atoms with van der Waals surface area (Å²) in [4.78, 5) is 3.58. The zero-order valence-electron chi connectivity index (χ0n) is 7.04. The van der Waals surface area contributed by atoms with Crippen molar-refractivity contribution >= 4 is 5.95 Å². The molecular formula is C6H8F3N3O2. The fraction of sp³-hybridized carbons (Fsp3) is 0.667. The van der Waals surface area contributed by atoms with Crippen LogP contribution in [0.25, 0.3) is 0 Å². The van der Waals surface area contributed by atoms with Crippen LogP contribution in [0.1, 0.15) is 5.89 Å². The molecule has 0 aliphatic carbocycles. The summed E-state index contributed by atoms with van der Waals surface area (Å²) in [6.45, 7) is -1.42. The molecule has 8 heteroatoms. The van der Waals surface area contributed by atoms with Crippen LogP contribution in [-0.2, 0) is 11.2 Å². The molecule has 1 rings (SSSR count). The van der Waals surface area contributed by atoms with E-state index in [-0.39, 0.29) is 24.9 Å². The van der Waals surface area contributed by atoms with E-state index < -0.39 is 12.8 Å². The van der Waals surface area contributed by atoms with E-state index in [0.29, 0.717) is 0 Å². The van der Waals surface area contributed by atoms with Gasteiger partial charge in [0.05, 0.1) is 13.0 Å². The van der Waals surface area contributed by atoms with Crippen LogP contribution >= 0.6 is 0 Å². The Hall–Kier alpha value is -1.31. The van der Waals surface area contributed by atoms with E-state index in [1.54, 1.807) is 0 Å². The number of rotatable bonds is 4. The molecule has 0 aliphatic rings. The Labute approximate surface area is 77.0 Å². The van der Waals surface area contributed by atoms with Crippen LogP contribution in [0.3, 0.4) is 0 Å². The highest BCUT2D eigenvalue weighted by Gasteiger charge is 2.27. The van der Waals surface area contributed by atoms with E-state index in [2.05, 4.69) is 19.4 Å². The predicted octanol–water partition coefficient (Wildman–Crippen LogP) is 0.773. The Morgan fingerprint density at radius 3 is 2.64 bits per heavy atom. The van der Waals surface area contributed by atoms with Gasteiger partial charge in [0.2, 0.25) is 5.89 Å². The minimum absolute atomic E-state index is 0.0455. The molecule has 0 saturated heterocycles. The third-order valence-electron chi connectivity index (χ3n) is 1.21. The van der Waals surface area contributed by atoms with Gasteiger partial charge < -0.3 is 15.0 Å². The Morgan fingerprint density at radius 2 is 2.14 bits per heavy atom. The summed E-state index contributed by atoms with van der Waals surface area (Å²) in [6, 6.07) is 0. The molecule has 0 atom stereocenters. The van der Waals surface area contributed by atoms with E-state index in [4.69, 9.17) is 5.73 Å². The fourth-order valence-corrected chi connectivity index (χ4v) is 0.717. The summed E-state index contributed by atoms with van der Waals surface area (Å²) < 4.78 is 43.6. The minimum atomic E-state index is -4.31. The molecule has 0 fully saturated rings. The van der Waals surface area contributed by atoms with Gasteiger partial charge in [0.25, 0.3) is 5.95 Å². The zero-order chi connectivity index (χ0) is 10.6. The van der Waals surface area contributed by atoms with Crippen molar-refractivity contribution in [2.24, 2.45) is 0 Å². The number of ether oxygens (including phenoxy) is 1. The average molecular weight is 211 g/mol. The second-order valence-electron chi connectivity index (χ2n) is 2.46. The Bertz CT molecular complexity index is 286. The topological polar surface area (TPSA) is 74.2 Å². The molecule has 0 radical (unpaired) electrons. The first-order valence-electron chi connectivity index (χ1n) is 3.70. The maximum atomic E-state index is 11.6. The number of nitrogen functional groups attached to an aromatic ring is 1. The molecule has 0 aromatic carbocycles. The third kappa shape index (κ3) is 4.08. The van der Waals surface area contributed by atoms with Crippen LogP contribution in [0, 0.1) is 0 Å². The largest absolute Gasteiger partial charge is 0.411 e. The zero-order valence-corrected chi connectivity index (χ0v) is 7.04. The van der Waals surface area contributed by atoms with Gasteiger partial charge in [-0.25, -0.2) is 0 Å². The first-order valence-corrected chi connectivity index (χ1v) is 3.70. The van der Waals surface area contributed by atoms with Crippen molar-refractivity contribution in [3.63, 3.8) is 0 Å². The van der Waals surface area contributed by atoms with Crippen LogP contribution in [0.5, 0.6) is 0 Å². The third-order valence-corrected chi connectivity index (χ3v) is 1.21. The van der Waals surface area contributed by atoms with Crippen LogP contribution in [0.2, 0.25) is 0 Å². The first kappa shape index (κ1) is 10.8. The van der Waals surface area contributed by atoms with Gasteiger partial charge in [-0.1, -0.05) is 0 Å². The Morgan fingerprint density at radius 1 is 1.43 bits per heavy atom. The number of nitrogens with two attached hydrogens (primary N) is 1. The minimum Gasteiger partial charge on any atom is -0.372 e. The van der Waals surface area contributed by atoms with Crippen LogP contribution in [0.15, 0.2) is 4.52 Å². The lowest BCUT2D eigenvalue weighted by Gasteiger charge is -2.05. The van der Waals surface area contributed by atoms with Gasteiger partial charge in [0, 0.05) is 0 Å². The van der Waals surface area contributed by atoms with Gasteiger partial charge in [0.1, 0.15) is 6.61 Å². The monoisotopic (exact) mass is 211 g/mol. The van der Waals surface area contributed by atoms with Crippen LogP contribution < -0.4 is 5.73 Å². The molecule has 1 aromatic rings. The molecule has 14 heavy (non-hydrogen) atoms. The molecule has 0 aliphatic heterocycles. The lowest BCUT2D eigenvalue weighted by Crippen LogP contribution is -2.18. The summed E-state index contributed by atoms with van der Waals surface area (Å²) in [5, 5.41) is 3.26. The summed E-state index contributed by atoms with van der Waals surface area (Å²) in [5.74, 6) is 0.112. The number of hydrogen-bond donors (Lipinski definition) is 1. The highest BCUT2D eigenvalue weighted by Crippen LogP contribution is 2.14. The van der Waals surface area contributed by atoms with Gasteiger partial charge >= 0.3 is 6.18 Å². The number of nitrogens with zero attached hydrogens (tertiary/aromatic N) is 2. The number of alkyl halides is 3. The summed E-state index contributed by atoms with van der Waals surface area (Å²) in [5.41, 5.74) is 5.12. The van der Waals surface area contributed by atoms with Crippen molar-refractivity contribution in [3.8, 4) is 0 Å². The number of aromatic nitrogens is 2. The maximum absolute atomic E-state index is 11.6. The van der Waals surface area contributed by atoms with Crippen molar-refractivity contribution in [1.29, 1.82) is 0 Å². The smallest absolute Gasteiger partial charge is 0.372 e. The first-order chi connectivity index (χ1) is 6.47. The Kier molecular flexibility index (Phi) is 3.28. The predicted molar refractivity (Wildman–Crippen MR) is 39.3 cm³/mol. The van der Waals surface area contributed by atoms with Gasteiger partial charge in [-0.05, 0) is 5.16 Å². The normalized spacial score (nSPS) is 11.9. The Balaban J connectivity index is 2.16. The molecule has 1 aromatic heterocycles. The quantitative estimate of drug-likeness (QED) is 0.744.